The molecule has 5 nitrogen and oxygen atoms in total. The molecular formula is C15H23N3O2. The minimum absolute atomic E-state index is 0.0238. The normalized spacial score (nSPS) is 26.1. The van der Waals surface area contributed by atoms with Gasteiger partial charge in [0.25, 0.3) is 5.91 Å². The largest absolute Gasteiger partial charge is 0.338 e. The first-order valence-electron chi connectivity index (χ1n) is 7.83. The number of hydrogen-bond donors (Lipinski definition) is 1. The van der Waals surface area contributed by atoms with Crippen LogP contribution in [0, 0.1) is 5.41 Å². The van der Waals surface area contributed by atoms with Crippen LogP contribution in [0.15, 0.2) is 5.10 Å². The summed E-state index contributed by atoms with van der Waals surface area (Å²) in [6.45, 7) is 1.71. The van der Waals surface area contributed by atoms with Gasteiger partial charge in [-0.3, -0.25) is 9.59 Å². The highest BCUT2D eigenvalue weighted by Crippen LogP contribution is 2.44. The molecule has 1 saturated heterocycles. The van der Waals surface area contributed by atoms with Gasteiger partial charge in [-0.05, 0) is 31.1 Å². The lowest BCUT2D eigenvalue weighted by molar-refractivity contribution is -0.127. The Hall–Kier alpha value is -1.39. The lowest BCUT2D eigenvalue weighted by Crippen LogP contribution is -2.47. The molecule has 3 rings (SSSR count). The molecule has 1 spiro atoms. The fraction of sp³-hybridized carbons (Fsp3) is 0.800. The van der Waals surface area contributed by atoms with Gasteiger partial charge in [0, 0.05) is 25.9 Å². The maximum absolute atomic E-state index is 12.4. The monoisotopic (exact) mass is 277 g/mol. The van der Waals surface area contributed by atoms with Crippen LogP contribution in [0.4, 0.5) is 0 Å². The lowest BCUT2D eigenvalue weighted by Gasteiger charge is -2.44. The van der Waals surface area contributed by atoms with E-state index >= 15 is 0 Å². The van der Waals surface area contributed by atoms with E-state index in [4.69, 9.17) is 0 Å². The average Bonchev–Trinajstić information content (AvgIpc) is 2.49. The van der Waals surface area contributed by atoms with Gasteiger partial charge in [-0.1, -0.05) is 19.3 Å². The number of rotatable bonds is 1. The number of nitrogens with one attached hydrogen (secondary N) is 1. The number of likely N-dealkylation sites (tertiary alicyclic amines) is 1. The molecule has 0 radical (unpaired) electrons. The van der Waals surface area contributed by atoms with Gasteiger partial charge in [-0.25, -0.2) is 5.43 Å². The summed E-state index contributed by atoms with van der Waals surface area (Å²) in [6.07, 6.45) is 9.89. The summed E-state index contributed by atoms with van der Waals surface area (Å²) in [5.74, 6) is -0.0722. The van der Waals surface area contributed by atoms with Crippen molar-refractivity contribution in [2.45, 2.75) is 57.8 Å². The molecule has 3 aliphatic rings. The second kappa shape index (κ2) is 5.54. The molecule has 0 bridgehead atoms. The third kappa shape index (κ3) is 2.72. The molecule has 0 atom stereocenters. The van der Waals surface area contributed by atoms with E-state index < -0.39 is 0 Å². The van der Waals surface area contributed by atoms with E-state index in [1.165, 1.54) is 32.1 Å². The third-order valence-electron chi connectivity index (χ3n) is 5.18. The molecule has 1 N–H and O–H groups in total. The smallest absolute Gasteiger partial charge is 0.270 e. The summed E-state index contributed by atoms with van der Waals surface area (Å²) in [4.78, 5) is 25.4. The quantitative estimate of drug-likeness (QED) is 0.794. The molecule has 5 heteroatoms. The zero-order valence-corrected chi connectivity index (χ0v) is 12.0. The SMILES string of the molecule is O=C1CCC(C(=O)N2CCC3(CCCCC3)CC2)=NN1. The topological polar surface area (TPSA) is 61.8 Å². The van der Waals surface area contributed by atoms with Crippen LogP contribution >= 0.6 is 0 Å². The second-order valence-corrected chi connectivity index (χ2v) is 6.45. The molecule has 20 heavy (non-hydrogen) atoms. The highest BCUT2D eigenvalue weighted by atomic mass is 16.2. The Balaban J connectivity index is 1.57. The summed E-state index contributed by atoms with van der Waals surface area (Å²) in [5.41, 5.74) is 3.44. The van der Waals surface area contributed by atoms with Crippen molar-refractivity contribution in [2.24, 2.45) is 10.5 Å². The third-order valence-corrected chi connectivity index (χ3v) is 5.18. The Morgan fingerprint density at radius 3 is 2.35 bits per heavy atom. The van der Waals surface area contributed by atoms with Gasteiger partial charge in [0.05, 0.1) is 0 Å². The Morgan fingerprint density at radius 2 is 1.75 bits per heavy atom. The van der Waals surface area contributed by atoms with Crippen LogP contribution in [-0.2, 0) is 9.59 Å². The minimum atomic E-state index is -0.0960. The maximum atomic E-state index is 12.4. The van der Waals surface area contributed by atoms with Crippen LogP contribution in [-0.4, -0.2) is 35.5 Å². The molecule has 0 aromatic heterocycles. The van der Waals surface area contributed by atoms with Gasteiger partial charge in [-0.15, -0.1) is 0 Å². The van der Waals surface area contributed by atoms with Gasteiger partial charge in [0.1, 0.15) is 5.71 Å². The fourth-order valence-corrected chi connectivity index (χ4v) is 3.80. The minimum Gasteiger partial charge on any atom is -0.338 e. The number of hydrazone groups is 1. The van der Waals surface area contributed by atoms with E-state index in [0.29, 0.717) is 24.0 Å². The summed E-state index contributed by atoms with van der Waals surface area (Å²) in [5, 5.41) is 3.92. The molecule has 2 aliphatic heterocycles. The van der Waals surface area contributed by atoms with Crippen molar-refractivity contribution in [3.8, 4) is 0 Å². The van der Waals surface area contributed by atoms with Crippen LogP contribution in [0.5, 0.6) is 0 Å². The number of hydrogen-bond acceptors (Lipinski definition) is 3. The van der Waals surface area contributed by atoms with E-state index in [0.717, 1.165) is 25.9 Å². The zero-order valence-electron chi connectivity index (χ0n) is 12.0. The molecule has 1 aliphatic carbocycles. The van der Waals surface area contributed by atoms with Crippen LogP contribution in [0.3, 0.4) is 0 Å². The van der Waals surface area contributed by atoms with Crippen LogP contribution in [0.25, 0.3) is 0 Å². The number of piperidine rings is 1. The fourth-order valence-electron chi connectivity index (χ4n) is 3.80. The molecule has 0 aromatic rings. The summed E-state index contributed by atoms with van der Waals surface area (Å²) >= 11 is 0. The van der Waals surface area contributed by atoms with Crippen LogP contribution < -0.4 is 5.43 Å². The molecular weight excluding hydrogens is 254 g/mol. The van der Waals surface area contributed by atoms with Crippen molar-refractivity contribution in [3.05, 3.63) is 0 Å². The summed E-state index contributed by atoms with van der Waals surface area (Å²) in [7, 11) is 0. The molecule has 1 saturated carbocycles. The second-order valence-electron chi connectivity index (χ2n) is 6.45. The van der Waals surface area contributed by atoms with E-state index in [1.807, 2.05) is 4.90 Å². The van der Waals surface area contributed by atoms with Gasteiger partial charge < -0.3 is 4.90 Å². The van der Waals surface area contributed by atoms with Crippen molar-refractivity contribution >= 4 is 17.5 Å². The predicted octanol–water partition coefficient (Wildman–Crippen LogP) is 1.83. The molecule has 2 fully saturated rings. The first-order chi connectivity index (χ1) is 9.69. The van der Waals surface area contributed by atoms with Crippen LogP contribution in [0.2, 0.25) is 0 Å². The van der Waals surface area contributed by atoms with E-state index in [1.54, 1.807) is 0 Å². The Bertz CT molecular complexity index is 428. The van der Waals surface area contributed by atoms with E-state index in [2.05, 4.69) is 10.5 Å². The Kier molecular flexibility index (Phi) is 3.76. The molecule has 2 heterocycles. The standard InChI is InChI=1S/C15H23N3O2/c19-13-5-4-12(16-17-13)14(20)18-10-8-15(9-11-18)6-2-1-3-7-15/h1-11H2,(H,17,19). The number of carbonyl (C=O) groups is 2. The molecule has 0 aromatic carbocycles. The van der Waals surface area contributed by atoms with Crippen molar-refractivity contribution in [2.75, 3.05) is 13.1 Å². The van der Waals surface area contributed by atoms with Gasteiger partial charge in [-0.2, -0.15) is 5.10 Å². The van der Waals surface area contributed by atoms with Crippen molar-refractivity contribution in [1.82, 2.24) is 10.3 Å². The molecule has 0 unspecified atom stereocenters. The maximum Gasteiger partial charge on any atom is 0.270 e. The Morgan fingerprint density at radius 1 is 1.05 bits per heavy atom. The first kappa shape index (κ1) is 13.6. The van der Waals surface area contributed by atoms with Crippen molar-refractivity contribution in [1.29, 1.82) is 0 Å². The Labute approximate surface area is 119 Å². The molecule has 2 amide bonds. The summed E-state index contributed by atoms with van der Waals surface area (Å²) in [6, 6.07) is 0. The zero-order chi connectivity index (χ0) is 14.0. The molecule has 110 valence electrons. The number of nitrogens with zero attached hydrogens (tertiary/aromatic N) is 2. The van der Waals surface area contributed by atoms with Gasteiger partial charge in [0.15, 0.2) is 0 Å². The highest BCUT2D eigenvalue weighted by Gasteiger charge is 2.37. The first-order valence-corrected chi connectivity index (χ1v) is 7.83. The average molecular weight is 277 g/mol. The van der Waals surface area contributed by atoms with Gasteiger partial charge >= 0.3 is 0 Å². The van der Waals surface area contributed by atoms with Crippen LogP contribution in [0.1, 0.15) is 57.8 Å². The number of carbonyl (C=O) groups excluding carboxylic acids is 2. The van der Waals surface area contributed by atoms with E-state index in [-0.39, 0.29) is 11.8 Å². The predicted molar refractivity (Wildman–Crippen MR) is 76.1 cm³/mol. The van der Waals surface area contributed by atoms with E-state index in [9.17, 15) is 9.59 Å². The summed E-state index contributed by atoms with van der Waals surface area (Å²) < 4.78 is 0. The number of amides is 2. The van der Waals surface area contributed by atoms with Crippen molar-refractivity contribution in [3.63, 3.8) is 0 Å². The van der Waals surface area contributed by atoms with Crippen molar-refractivity contribution < 1.29 is 9.59 Å². The van der Waals surface area contributed by atoms with Gasteiger partial charge in [0.2, 0.25) is 5.91 Å². The highest BCUT2D eigenvalue weighted by molar-refractivity contribution is 6.39. The lowest BCUT2D eigenvalue weighted by atomic mass is 9.68.